The molecule has 11 heteroatoms. The van der Waals surface area contributed by atoms with Crippen LogP contribution in [0.15, 0.2) is 72.1 Å². The minimum atomic E-state index is -1.13. The van der Waals surface area contributed by atoms with Crippen LogP contribution in [0, 0.1) is 22.2 Å². The van der Waals surface area contributed by atoms with E-state index in [2.05, 4.69) is 10.6 Å². The average molecular weight is 673 g/mol. The lowest BCUT2D eigenvalue weighted by molar-refractivity contribution is -0.136. The van der Waals surface area contributed by atoms with Crippen LogP contribution in [-0.4, -0.2) is 48.1 Å². The van der Waals surface area contributed by atoms with Crippen LogP contribution < -0.4 is 20.1 Å². The van der Waals surface area contributed by atoms with Gasteiger partial charge in [-0.3, -0.25) is 9.59 Å². The summed E-state index contributed by atoms with van der Waals surface area (Å²) in [6.07, 6.45) is -1.12. The zero-order valence-electron chi connectivity index (χ0n) is 22.8. The highest BCUT2D eigenvalue weighted by atomic mass is 127. The molecule has 1 aliphatic rings. The van der Waals surface area contributed by atoms with Crippen LogP contribution in [0.2, 0.25) is 0 Å². The molecule has 3 aromatic rings. The Kier molecular flexibility index (Phi) is 9.16. The number of hydrogen-bond acceptors (Lipinski definition) is 6. The number of rotatable bonds is 9. The number of amides is 2. The van der Waals surface area contributed by atoms with Gasteiger partial charge >= 0.3 is 5.97 Å². The van der Waals surface area contributed by atoms with Crippen LogP contribution in [0.25, 0.3) is 0 Å². The maximum Gasteiger partial charge on any atom is 0.336 e. The maximum absolute atomic E-state index is 14.9. The first-order chi connectivity index (χ1) is 19.5. The van der Waals surface area contributed by atoms with Crippen molar-refractivity contribution < 1.29 is 33.4 Å². The summed E-state index contributed by atoms with van der Waals surface area (Å²) in [5.74, 6) is -2.52. The summed E-state index contributed by atoms with van der Waals surface area (Å²) >= 11 is 1.99. The molecular weight excluding hydrogens is 644 g/mol. The van der Waals surface area contributed by atoms with E-state index in [4.69, 9.17) is 9.47 Å². The van der Waals surface area contributed by atoms with Gasteiger partial charge in [-0.1, -0.05) is 18.2 Å². The highest BCUT2D eigenvalue weighted by Crippen LogP contribution is 2.34. The number of halogens is 2. The number of hydrogen-bond donors (Lipinski definition) is 3. The quantitative estimate of drug-likeness (QED) is 0.276. The molecule has 0 saturated carbocycles. The normalized spacial score (nSPS) is 16.8. The first-order valence-electron chi connectivity index (χ1n) is 12.7. The van der Waals surface area contributed by atoms with Gasteiger partial charge in [-0.2, -0.15) is 0 Å². The zero-order valence-corrected chi connectivity index (χ0v) is 25.0. The van der Waals surface area contributed by atoms with Gasteiger partial charge in [0.2, 0.25) is 5.91 Å². The van der Waals surface area contributed by atoms with E-state index < -0.39 is 29.7 Å². The molecule has 0 aromatic heterocycles. The predicted molar refractivity (Wildman–Crippen MR) is 159 cm³/mol. The molecule has 3 N–H and O–H groups in total. The number of nitrogens with zero attached hydrogens (tertiary/aromatic N) is 1. The maximum atomic E-state index is 14.9. The van der Waals surface area contributed by atoms with E-state index in [0.717, 1.165) is 5.56 Å². The average Bonchev–Trinajstić information content (AvgIpc) is 2.95. The molecule has 0 saturated heterocycles. The summed E-state index contributed by atoms with van der Waals surface area (Å²) in [6, 6.07) is 16.2. The van der Waals surface area contributed by atoms with Gasteiger partial charge < -0.3 is 30.1 Å². The van der Waals surface area contributed by atoms with Crippen molar-refractivity contribution in [2.75, 3.05) is 19.5 Å². The number of anilines is 1. The summed E-state index contributed by atoms with van der Waals surface area (Å²) in [5, 5.41) is 15.4. The van der Waals surface area contributed by atoms with Crippen molar-refractivity contribution in [2.24, 2.45) is 5.92 Å². The smallest absolute Gasteiger partial charge is 0.336 e. The van der Waals surface area contributed by atoms with Gasteiger partial charge in [0.15, 0.2) is 0 Å². The SMILES string of the molecule is COc1ccc(CNC(=O)C2=C(Nc3ccc(I)cc3F)N(C)C(=O)C(C)C2Oc2cccc(C(=O)O)c2C)cc1. The standard InChI is InChI=1S/C30H29FIN3O6/c1-16-21(30(38)39)6-5-7-24(16)41-26-17(2)29(37)35(3)27(34-23-13-10-19(32)14-22(23)31)25(26)28(36)33-15-18-8-11-20(40-4)12-9-18/h5-14,17,26,34H,15H2,1-4H3,(H,33,36)(H,38,39). The molecule has 2 unspecified atom stereocenters. The number of nitrogens with one attached hydrogen (secondary N) is 2. The molecule has 0 aliphatic carbocycles. The van der Waals surface area contributed by atoms with Gasteiger partial charge in [0, 0.05) is 22.7 Å². The molecule has 9 nitrogen and oxygen atoms in total. The van der Waals surface area contributed by atoms with Crippen LogP contribution in [-0.2, 0) is 16.1 Å². The van der Waals surface area contributed by atoms with Crippen LogP contribution in [0.4, 0.5) is 10.1 Å². The van der Waals surface area contributed by atoms with Gasteiger partial charge in [-0.15, -0.1) is 0 Å². The van der Waals surface area contributed by atoms with Gasteiger partial charge in [0.05, 0.1) is 29.9 Å². The van der Waals surface area contributed by atoms with Crippen LogP contribution in [0.1, 0.15) is 28.4 Å². The Morgan fingerprint density at radius 2 is 1.83 bits per heavy atom. The van der Waals surface area contributed by atoms with E-state index in [1.165, 1.54) is 36.2 Å². The first-order valence-corrected chi connectivity index (χ1v) is 13.7. The van der Waals surface area contributed by atoms with Gasteiger partial charge in [0.25, 0.3) is 5.91 Å². The molecule has 4 rings (SSSR count). The van der Waals surface area contributed by atoms with Crippen LogP contribution in [0.3, 0.4) is 0 Å². The fraction of sp³-hybridized carbons (Fsp3) is 0.233. The van der Waals surface area contributed by atoms with Crippen molar-refractivity contribution >= 4 is 46.1 Å². The third kappa shape index (κ3) is 6.45. The molecule has 0 bridgehead atoms. The molecule has 2 amide bonds. The molecule has 0 fully saturated rings. The zero-order chi connectivity index (χ0) is 29.8. The number of benzene rings is 3. The number of ether oxygens (including phenoxy) is 2. The minimum absolute atomic E-state index is 0.0307. The molecule has 41 heavy (non-hydrogen) atoms. The Morgan fingerprint density at radius 1 is 1.12 bits per heavy atom. The molecule has 2 atom stereocenters. The summed E-state index contributed by atoms with van der Waals surface area (Å²) in [5.41, 5.74) is 1.30. The van der Waals surface area contributed by atoms with Crippen molar-refractivity contribution in [1.82, 2.24) is 10.2 Å². The summed E-state index contributed by atoms with van der Waals surface area (Å²) < 4.78 is 27.0. The van der Waals surface area contributed by atoms with E-state index in [0.29, 0.717) is 14.9 Å². The highest BCUT2D eigenvalue weighted by Gasteiger charge is 2.43. The van der Waals surface area contributed by atoms with Crippen molar-refractivity contribution in [2.45, 2.75) is 26.5 Å². The highest BCUT2D eigenvalue weighted by molar-refractivity contribution is 14.1. The van der Waals surface area contributed by atoms with Crippen LogP contribution >= 0.6 is 22.6 Å². The Labute approximate surface area is 250 Å². The summed E-state index contributed by atoms with van der Waals surface area (Å²) in [6.45, 7) is 3.37. The molecule has 3 aromatic carbocycles. The predicted octanol–water partition coefficient (Wildman–Crippen LogP) is 4.94. The second-order valence-electron chi connectivity index (χ2n) is 9.50. The van der Waals surface area contributed by atoms with E-state index in [-0.39, 0.29) is 40.8 Å². The van der Waals surface area contributed by atoms with E-state index in [9.17, 15) is 23.9 Å². The molecular formula is C30H29FIN3O6. The van der Waals surface area contributed by atoms with Gasteiger partial charge in [-0.05, 0) is 84.5 Å². The number of carboxylic acid groups (broad SMARTS) is 1. The second-order valence-corrected chi connectivity index (χ2v) is 10.7. The lowest BCUT2D eigenvalue weighted by Crippen LogP contribution is -2.51. The summed E-state index contributed by atoms with van der Waals surface area (Å²) in [4.78, 5) is 40.2. The number of carbonyl (C=O) groups is 3. The van der Waals surface area contributed by atoms with Gasteiger partial charge in [-0.25, -0.2) is 9.18 Å². The van der Waals surface area contributed by atoms with Gasteiger partial charge in [0.1, 0.15) is 29.2 Å². The van der Waals surface area contributed by atoms with Crippen LogP contribution in [0.5, 0.6) is 11.5 Å². The number of aromatic carboxylic acids is 1. The van der Waals surface area contributed by atoms with E-state index >= 15 is 0 Å². The fourth-order valence-corrected chi connectivity index (χ4v) is 4.96. The van der Waals surface area contributed by atoms with E-state index in [1.807, 2.05) is 34.7 Å². The third-order valence-corrected chi connectivity index (χ3v) is 7.53. The molecule has 1 heterocycles. The molecule has 0 spiro atoms. The minimum Gasteiger partial charge on any atom is -0.497 e. The molecule has 0 radical (unpaired) electrons. The lowest BCUT2D eigenvalue weighted by atomic mass is 9.90. The topological polar surface area (TPSA) is 117 Å². The van der Waals surface area contributed by atoms with Crippen molar-refractivity contribution in [3.8, 4) is 11.5 Å². The number of carboxylic acids is 1. The molecule has 1 aliphatic heterocycles. The lowest BCUT2D eigenvalue weighted by Gasteiger charge is -2.38. The first kappa shape index (κ1) is 29.8. The Balaban J connectivity index is 1.79. The molecule has 214 valence electrons. The van der Waals surface area contributed by atoms with E-state index in [1.54, 1.807) is 45.2 Å². The van der Waals surface area contributed by atoms with Crippen molar-refractivity contribution in [3.63, 3.8) is 0 Å². The second kappa shape index (κ2) is 12.6. The fourth-order valence-electron chi connectivity index (χ4n) is 4.51. The Bertz CT molecular complexity index is 1530. The summed E-state index contributed by atoms with van der Waals surface area (Å²) in [7, 11) is 3.05. The largest absolute Gasteiger partial charge is 0.497 e. The number of methoxy groups -OCH3 is 1. The monoisotopic (exact) mass is 673 g/mol. The Morgan fingerprint density at radius 3 is 2.46 bits per heavy atom. The number of carbonyl (C=O) groups excluding carboxylic acids is 2. The van der Waals surface area contributed by atoms with Crippen molar-refractivity contribution in [3.05, 3.63) is 98.1 Å². The van der Waals surface area contributed by atoms with Crippen molar-refractivity contribution in [1.29, 1.82) is 0 Å². The third-order valence-electron chi connectivity index (χ3n) is 6.86. The Hall–Kier alpha value is -4.13.